The monoisotopic (exact) mass is 351 g/mol. The van der Waals surface area contributed by atoms with Crippen LogP contribution in [-0.2, 0) is 11.3 Å². The molecule has 2 aromatic rings. The number of carbonyl (C=O) groups excluding carboxylic acids is 1. The molecule has 3 N–H and O–H groups in total. The molecule has 1 amide bonds. The molecule has 0 aliphatic heterocycles. The maximum absolute atomic E-state index is 12.1. The lowest BCUT2D eigenvalue weighted by Crippen LogP contribution is -2.37. The van der Waals surface area contributed by atoms with E-state index >= 15 is 0 Å². The summed E-state index contributed by atoms with van der Waals surface area (Å²) in [7, 11) is 0. The van der Waals surface area contributed by atoms with Gasteiger partial charge in [-0.3, -0.25) is 9.59 Å². The number of aromatic amines is 1. The average molecular weight is 351 g/mol. The minimum absolute atomic E-state index is 0.0430. The Morgan fingerprint density at radius 3 is 2.96 bits per heavy atom. The molecule has 24 heavy (non-hydrogen) atoms. The summed E-state index contributed by atoms with van der Waals surface area (Å²) in [6.45, 7) is 0.184. The van der Waals surface area contributed by atoms with Crippen LogP contribution in [0.4, 0.5) is 0 Å². The van der Waals surface area contributed by atoms with Crippen molar-refractivity contribution in [1.29, 1.82) is 0 Å². The molecule has 0 unspecified atom stereocenters. The smallest absolute Gasteiger partial charge is 0.262 e. The van der Waals surface area contributed by atoms with E-state index < -0.39 is 0 Å². The van der Waals surface area contributed by atoms with E-state index in [-0.39, 0.29) is 36.4 Å². The van der Waals surface area contributed by atoms with Crippen molar-refractivity contribution in [3.05, 3.63) is 16.6 Å². The van der Waals surface area contributed by atoms with Crippen molar-refractivity contribution < 1.29 is 9.90 Å². The highest BCUT2D eigenvalue weighted by molar-refractivity contribution is 7.99. The van der Waals surface area contributed by atoms with Gasteiger partial charge in [0, 0.05) is 6.04 Å². The summed E-state index contributed by atoms with van der Waals surface area (Å²) in [6, 6.07) is 0.271. The van der Waals surface area contributed by atoms with Crippen molar-refractivity contribution in [2.45, 2.75) is 49.8 Å². The Bertz CT molecular complexity index is 766. The van der Waals surface area contributed by atoms with Crippen LogP contribution in [0, 0.1) is 0 Å². The zero-order valence-electron chi connectivity index (χ0n) is 13.3. The minimum Gasteiger partial charge on any atom is -0.394 e. The first kappa shape index (κ1) is 17.0. The summed E-state index contributed by atoms with van der Waals surface area (Å²) < 4.78 is 1.48. The van der Waals surface area contributed by atoms with Crippen LogP contribution in [0.3, 0.4) is 0 Å². The van der Waals surface area contributed by atoms with E-state index in [9.17, 15) is 9.59 Å². The predicted octanol–water partition coefficient (Wildman–Crippen LogP) is 0.653. The van der Waals surface area contributed by atoms with E-state index in [0.717, 1.165) is 12.8 Å². The van der Waals surface area contributed by atoms with Crippen LogP contribution in [0.5, 0.6) is 0 Å². The van der Waals surface area contributed by atoms with E-state index in [1.165, 1.54) is 41.9 Å². The molecule has 1 fully saturated rings. The third-order valence-corrected chi connectivity index (χ3v) is 4.98. The second kappa shape index (κ2) is 7.80. The van der Waals surface area contributed by atoms with Gasteiger partial charge in [0.05, 0.1) is 25.1 Å². The van der Waals surface area contributed by atoms with Gasteiger partial charge in [0.2, 0.25) is 5.91 Å². The van der Waals surface area contributed by atoms with E-state index in [1.807, 2.05) is 0 Å². The highest BCUT2D eigenvalue weighted by Crippen LogP contribution is 2.18. The molecule has 0 aromatic carbocycles. The van der Waals surface area contributed by atoms with E-state index in [1.54, 1.807) is 0 Å². The summed E-state index contributed by atoms with van der Waals surface area (Å²) in [5.74, 6) is 0.164. The van der Waals surface area contributed by atoms with Gasteiger partial charge in [-0.2, -0.15) is 5.10 Å². The third-order valence-electron chi connectivity index (χ3n) is 4.11. The third kappa shape index (κ3) is 3.96. The Labute approximate surface area is 143 Å². The lowest BCUT2D eigenvalue weighted by atomic mass is 9.95. The van der Waals surface area contributed by atoms with E-state index in [2.05, 4.69) is 20.4 Å². The average Bonchev–Trinajstić information content (AvgIpc) is 2.98. The molecule has 2 aromatic heterocycles. The summed E-state index contributed by atoms with van der Waals surface area (Å²) >= 11 is 1.19. The fourth-order valence-electron chi connectivity index (χ4n) is 2.92. The van der Waals surface area contributed by atoms with Gasteiger partial charge in [0.15, 0.2) is 10.8 Å². The normalized spacial score (nSPS) is 15.7. The van der Waals surface area contributed by atoms with Crippen molar-refractivity contribution in [1.82, 2.24) is 25.1 Å². The summed E-state index contributed by atoms with van der Waals surface area (Å²) in [5.41, 5.74) is 0.127. The number of nitrogens with one attached hydrogen (secondary N) is 2. The summed E-state index contributed by atoms with van der Waals surface area (Å²) in [6.07, 6.45) is 7.08. The zero-order chi connectivity index (χ0) is 16.9. The fraction of sp³-hybridized carbons (Fsp3) is 0.600. The number of rotatable bonds is 6. The van der Waals surface area contributed by atoms with Gasteiger partial charge in [-0.25, -0.2) is 9.67 Å². The Morgan fingerprint density at radius 2 is 2.21 bits per heavy atom. The van der Waals surface area contributed by atoms with Gasteiger partial charge < -0.3 is 15.4 Å². The molecule has 9 heteroatoms. The van der Waals surface area contributed by atoms with Gasteiger partial charge >= 0.3 is 0 Å². The Kier molecular flexibility index (Phi) is 5.52. The molecule has 0 saturated heterocycles. The summed E-state index contributed by atoms with van der Waals surface area (Å²) in [5, 5.41) is 16.9. The number of nitrogens with zero attached hydrogens (tertiary/aromatic N) is 3. The zero-order valence-corrected chi connectivity index (χ0v) is 14.1. The molecule has 130 valence electrons. The standard InChI is InChI=1S/C15H21N5O3S/c21-7-6-20-13-11(8-16-20)14(23)19-15(18-13)24-9-12(22)17-10-4-2-1-3-5-10/h8,10,21H,1-7,9H2,(H,17,22)(H,18,19,23). The first-order valence-corrected chi connectivity index (χ1v) is 9.15. The number of H-pyrrole nitrogens is 1. The highest BCUT2D eigenvalue weighted by atomic mass is 32.2. The molecule has 3 rings (SSSR count). The molecule has 0 radical (unpaired) electrons. The second-order valence-corrected chi connectivity index (χ2v) is 6.85. The molecular formula is C15H21N5O3S. The molecule has 1 saturated carbocycles. The number of amides is 1. The number of aliphatic hydroxyl groups is 1. The molecule has 8 nitrogen and oxygen atoms in total. The molecule has 2 heterocycles. The van der Waals surface area contributed by atoms with Crippen LogP contribution in [0.1, 0.15) is 32.1 Å². The van der Waals surface area contributed by atoms with Crippen LogP contribution in [-0.4, -0.2) is 49.2 Å². The lowest BCUT2D eigenvalue weighted by Gasteiger charge is -2.22. The number of thioether (sulfide) groups is 1. The van der Waals surface area contributed by atoms with Crippen LogP contribution >= 0.6 is 11.8 Å². The number of fused-ring (bicyclic) bond motifs is 1. The van der Waals surface area contributed by atoms with Crippen LogP contribution in [0.15, 0.2) is 16.1 Å². The van der Waals surface area contributed by atoms with Gasteiger partial charge in [0.25, 0.3) is 5.56 Å². The van der Waals surface area contributed by atoms with Gasteiger partial charge in [-0.05, 0) is 12.8 Å². The van der Waals surface area contributed by atoms with Crippen molar-refractivity contribution >= 4 is 28.7 Å². The quantitative estimate of drug-likeness (QED) is 0.520. The maximum atomic E-state index is 12.1. The molecule has 0 spiro atoms. The van der Waals surface area contributed by atoms with Crippen LogP contribution in [0.2, 0.25) is 0 Å². The van der Waals surface area contributed by atoms with Gasteiger partial charge in [0.1, 0.15) is 5.39 Å². The number of hydrogen-bond donors (Lipinski definition) is 3. The van der Waals surface area contributed by atoms with Crippen molar-refractivity contribution in [3.8, 4) is 0 Å². The first-order chi connectivity index (χ1) is 11.7. The molecule has 1 aliphatic carbocycles. The molecular weight excluding hydrogens is 330 g/mol. The Hall–Kier alpha value is -1.87. The van der Waals surface area contributed by atoms with Gasteiger partial charge in [-0.15, -0.1) is 0 Å². The Morgan fingerprint density at radius 1 is 1.42 bits per heavy atom. The van der Waals surface area contributed by atoms with Crippen LogP contribution in [0.25, 0.3) is 11.0 Å². The van der Waals surface area contributed by atoms with E-state index in [0.29, 0.717) is 16.2 Å². The van der Waals surface area contributed by atoms with Gasteiger partial charge in [-0.1, -0.05) is 31.0 Å². The topological polar surface area (TPSA) is 113 Å². The molecule has 0 bridgehead atoms. The lowest BCUT2D eigenvalue weighted by molar-refractivity contribution is -0.119. The summed E-state index contributed by atoms with van der Waals surface area (Å²) in [4.78, 5) is 31.1. The van der Waals surface area contributed by atoms with Crippen molar-refractivity contribution in [3.63, 3.8) is 0 Å². The van der Waals surface area contributed by atoms with Crippen LogP contribution < -0.4 is 10.9 Å². The number of carbonyl (C=O) groups is 1. The SMILES string of the molecule is O=C(CSc1nc2c(cnn2CCO)c(=O)[nH]1)NC1CCCCC1. The van der Waals surface area contributed by atoms with Crippen molar-refractivity contribution in [2.24, 2.45) is 0 Å². The number of hydrogen-bond acceptors (Lipinski definition) is 6. The maximum Gasteiger partial charge on any atom is 0.262 e. The van der Waals surface area contributed by atoms with E-state index in [4.69, 9.17) is 5.11 Å². The Balaban J connectivity index is 1.65. The number of aromatic nitrogens is 4. The second-order valence-electron chi connectivity index (χ2n) is 5.89. The largest absolute Gasteiger partial charge is 0.394 e. The fourth-order valence-corrected chi connectivity index (χ4v) is 3.59. The van der Waals surface area contributed by atoms with Crippen molar-refractivity contribution in [2.75, 3.05) is 12.4 Å². The molecule has 1 aliphatic rings. The highest BCUT2D eigenvalue weighted by Gasteiger charge is 2.16. The number of aliphatic hydroxyl groups excluding tert-OH is 1. The first-order valence-electron chi connectivity index (χ1n) is 8.16. The predicted molar refractivity (Wildman–Crippen MR) is 91.0 cm³/mol. The minimum atomic E-state index is -0.292. The molecule has 0 atom stereocenters.